The third-order valence-electron chi connectivity index (χ3n) is 3.49. The lowest BCUT2D eigenvalue weighted by Gasteiger charge is -2.20. The van der Waals surface area contributed by atoms with Crippen LogP contribution in [0.3, 0.4) is 0 Å². The molecule has 1 heterocycles. The van der Waals surface area contributed by atoms with E-state index in [0.717, 1.165) is 31.8 Å². The Morgan fingerprint density at radius 1 is 1.45 bits per heavy atom. The molecule has 1 unspecified atom stereocenters. The number of hydrogen-bond acceptors (Lipinski definition) is 4. The number of nitriles is 1. The Morgan fingerprint density at radius 3 is 3.05 bits per heavy atom. The van der Waals surface area contributed by atoms with E-state index in [0.29, 0.717) is 29.7 Å². The summed E-state index contributed by atoms with van der Waals surface area (Å²) in [6, 6.07) is 7.69. The monoisotopic (exact) mass is 294 g/mol. The van der Waals surface area contributed by atoms with Crippen LogP contribution in [0.25, 0.3) is 0 Å². The van der Waals surface area contributed by atoms with Crippen molar-refractivity contribution in [1.29, 1.82) is 5.26 Å². The summed E-state index contributed by atoms with van der Waals surface area (Å²) in [6.45, 7) is 3.89. The van der Waals surface area contributed by atoms with E-state index in [2.05, 4.69) is 11.0 Å². The first-order valence-corrected chi connectivity index (χ1v) is 7.13. The maximum absolute atomic E-state index is 9.20. The first kappa shape index (κ1) is 15.1. The number of hydrogen-bond donors (Lipinski definition) is 0. The van der Waals surface area contributed by atoms with Gasteiger partial charge in [0.25, 0.3) is 0 Å². The highest BCUT2D eigenvalue weighted by molar-refractivity contribution is 6.30. The topological polar surface area (TPSA) is 45.5 Å². The Morgan fingerprint density at radius 2 is 2.30 bits per heavy atom. The molecule has 1 aromatic rings. The molecule has 0 saturated carbocycles. The van der Waals surface area contributed by atoms with Crippen LogP contribution < -0.4 is 4.90 Å². The Labute approximate surface area is 124 Å². The highest BCUT2D eigenvalue weighted by Crippen LogP contribution is 2.28. The fourth-order valence-electron chi connectivity index (χ4n) is 2.45. The van der Waals surface area contributed by atoms with Crippen molar-refractivity contribution in [3.63, 3.8) is 0 Å². The van der Waals surface area contributed by atoms with Crippen molar-refractivity contribution in [2.75, 3.05) is 44.9 Å². The smallest absolute Gasteiger partial charge is 0.101 e. The first-order valence-electron chi connectivity index (χ1n) is 6.76. The summed E-state index contributed by atoms with van der Waals surface area (Å²) in [4.78, 5) is 2.24. The maximum atomic E-state index is 9.20. The zero-order valence-corrected chi connectivity index (χ0v) is 12.4. The third kappa shape index (κ3) is 3.86. The van der Waals surface area contributed by atoms with Crippen molar-refractivity contribution < 1.29 is 9.47 Å². The number of benzene rings is 1. The maximum Gasteiger partial charge on any atom is 0.101 e. The largest absolute Gasteiger partial charge is 0.382 e. The fraction of sp³-hybridized carbons (Fsp3) is 0.533. The van der Waals surface area contributed by atoms with Crippen LogP contribution in [0.5, 0.6) is 0 Å². The molecule has 5 heteroatoms. The quantitative estimate of drug-likeness (QED) is 0.757. The van der Waals surface area contributed by atoms with E-state index in [1.165, 1.54) is 0 Å². The van der Waals surface area contributed by atoms with Crippen LogP contribution in [0.4, 0.5) is 5.69 Å². The van der Waals surface area contributed by atoms with Crippen LogP contribution in [0.2, 0.25) is 5.02 Å². The second-order valence-electron chi connectivity index (χ2n) is 4.94. The van der Waals surface area contributed by atoms with Crippen molar-refractivity contribution in [2.45, 2.75) is 6.42 Å². The third-order valence-corrected chi connectivity index (χ3v) is 3.73. The van der Waals surface area contributed by atoms with Gasteiger partial charge >= 0.3 is 0 Å². The lowest BCUT2D eigenvalue weighted by atomic mass is 10.1. The van der Waals surface area contributed by atoms with Gasteiger partial charge in [-0.1, -0.05) is 11.6 Å². The molecule has 0 amide bonds. The van der Waals surface area contributed by atoms with Gasteiger partial charge in [0, 0.05) is 31.1 Å². The molecule has 1 fully saturated rings. The molecule has 20 heavy (non-hydrogen) atoms. The summed E-state index contributed by atoms with van der Waals surface area (Å²) >= 11 is 5.93. The minimum Gasteiger partial charge on any atom is -0.382 e. The fourth-order valence-corrected chi connectivity index (χ4v) is 2.63. The van der Waals surface area contributed by atoms with Crippen LogP contribution in [-0.2, 0) is 9.47 Å². The summed E-state index contributed by atoms with van der Waals surface area (Å²) in [5.74, 6) is 0.508. The summed E-state index contributed by atoms with van der Waals surface area (Å²) in [7, 11) is 1.67. The molecular formula is C15H19ClN2O2. The van der Waals surface area contributed by atoms with E-state index < -0.39 is 0 Å². The van der Waals surface area contributed by atoms with Gasteiger partial charge in [-0.25, -0.2) is 0 Å². The molecule has 2 rings (SSSR count). The predicted octanol–water partition coefficient (Wildman–Crippen LogP) is 2.70. The van der Waals surface area contributed by atoms with E-state index in [1.54, 1.807) is 13.2 Å². The predicted molar refractivity (Wildman–Crippen MR) is 79.2 cm³/mol. The average Bonchev–Trinajstić information content (AvgIpc) is 2.92. The Balaban J connectivity index is 1.91. The second-order valence-corrected chi connectivity index (χ2v) is 5.38. The Hall–Kier alpha value is -1.28. The minimum absolute atomic E-state index is 0.508. The zero-order valence-electron chi connectivity index (χ0n) is 11.6. The van der Waals surface area contributed by atoms with Crippen LogP contribution in [0, 0.1) is 17.2 Å². The average molecular weight is 295 g/mol. The zero-order chi connectivity index (χ0) is 14.4. The van der Waals surface area contributed by atoms with Crippen molar-refractivity contribution in [1.82, 2.24) is 0 Å². The highest BCUT2D eigenvalue weighted by atomic mass is 35.5. The SMILES string of the molecule is COCCOCC1CCN(c2ccc(Cl)cc2C#N)C1. The van der Waals surface area contributed by atoms with Crippen LogP contribution in [0.15, 0.2) is 18.2 Å². The van der Waals surface area contributed by atoms with E-state index in [9.17, 15) is 5.26 Å². The van der Waals surface area contributed by atoms with Crippen LogP contribution in [-0.4, -0.2) is 40.0 Å². The van der Waals surface area contributed by atoms with Gasteiger partial charge in [-0.05, 0) is 24.6 Å². The van der Waals surface area contributed by atoms with Gasteiger partial charge in [0.05, 0.1) is 31.1 Å². The molecule has 1 aliphatic rings. The normalized spacial score (nSPS) is 18.2. The molecule has 0 bridgehead atoms. The first-order chi connectivity index (χ1) is 9.74. The lowest BCUT2D eigenvalue weighted by molar-refractivity contribution is 0.0549. The van der Waals surface area contributed by atoms with Crippen molar-refractivity contribution >= 4 is 17.3 Å². The summed E-state index contributed by atoms with van der Waals surface area (Å²) in [6.07, 6.45) is 1.08. The van der Waals surface area contributed by atoms with Gasteiger partial charge in [-0.15, -0.1) is 0 Å². The highest BCUT2D eigenvalue weighted by Gasteiger charge is 2.24. The van der Waals surface area contributed by atoms with E-state index in [4.69, 9.17) is 21.1 Å². The molecule has 1 atom stereocenters. The van der Waals surface area contributed by atoms with Gasteiger partial charge in [0.1, 0.15) is 6.07 Å². The Kier molecular flexibility index (Phi) is 5.66. The van der Waals surface area contributed by atoms with E-state index >= 15 is 0 Å². The van der Waals surface area contributed by atoms with Gasteiger partial charge in [0.15, 0.2) is 0 Å². The number of rotatable bonds is 6. The van der Waals surface area contributed by atoms with Gasteiger partial charge in [0.2, 0.25) is 0 Å². The molecule has 1 aromatic carbocycles. The Bertz CT molecular complexity index is 487. The standard InChI is InChI=1S/C15H19ClN2O2/c1-19-6-7-20-11-12-4-5-18(10-12)15-3-2-14(16)8-13(15)9-17/h2-3,8,12H,4-7,10-11H2,1H3. The molecule has 1 saturated heterocycles. The van der Waals surface area contributed by atoms with Crippen molar-refractivity contribution in [3.05, 3.63) is 28.8 Å². The second kappa shape index (κ2) is 7.49. The number of nitrogens with zero attached hydrogens (tertiary/aromatic N) is 2. The number of ether oxygens (including phenoxy) is 2. The number of halogens is 1. The van der Waals surface area contributed by atoms with Crippen molar-refractivity contribution in [2.24, 2.45) is 5.92 Å². The summed E-state index contributed by atoms with van der Waals surface area (Å²) in [5, 5.41) is 9.80. The molecule has 0 spiro atoms. The van der Waals surface area contributed by atoms with Gasteiger partial charge in [-0.3, -0.25) is 0 Å². The van der Waals surface area contributed by atoms with Gasteiger partial charge < -0.3 is 14.4 Å². The number of anilines is 1. The molecule has 0 N–H and O–H groups in total. The van der Waals surface area contributed by atoms with Crippen LogP contribution in [0.1, 0.15) is 12.0 Å². The minimum atomic E-state index is 0.508. The summed E-state index contributed by atoms with van der Waals surface area (Å²) < 4.78 is 10.5. The molecule has 0 aliphatic carbocycles. The number of methoxy groups -OCH3 is 1. The lowest BCUT2D eigenvalue weighted by Crippen LogP contribution is -2.22. The summed E-state index contributed by atoms with van der Waals surface area (Å²) in [5.41, 5.74) is 1.61. The van der Waals surface area contributed by atoms with Crippen molar-refractivity contribution in [3.8, 4) is 6.07 Å². The molecule has 1 aliphatic heterocycles. The molecular weight excluding hydrogens is 276 g/mol. The van der Waals surface area contributed by atoms with E-state index in [1.807, 2.05) is 12.1 Å². The molecule has 0 radical (unpaired) electrons. The van der Waals surface area contributed by atoms with Crippen LogP contribution >= 0.6 is 11.6 Å². The molecule has 0 aromatic heterocycles. The molecule has 108 valence electrons. The van der Waals surface area contributed by atoms with E-state index in [-0.39, 0.29) is 0 Å². The van der Waals surface area contributed by atoms with Gasteiger partial charge in [-0.2, -0.15) is 5.26 Å². The molecule has 4 nitrogen and oxygen atoms in total.